The fraction of sp³-hybridized carbons (Fsp3) is 0.190. The Kier molecular flexibility index (Phi) is 5.07. The third-order valence-electron chi connectivity index (χ3n) is 4.73. The molecule has 1 N–H and O–H groups in total. The number of para-hydroxylation sites is 2. The molecule has 1 unspecified atom stereocenters. The van der Waals surface area contributed by atoms with Gasteiger partial charge in [-0.1, -0.05) is 19.1 Å². The van der Waals surface area contributed by atoms with Crippen molar-refractivity contribution < 1.29 is 13.6 Å². The number of fused-ring (bicyclic) bond motifs is 1. The maximum Gasteiger partial charge on any atom is 0.320 e. The van der Waals surface area contributed by atoms with E-state index in [-0.39, 0.29) is 24.2 Å². The molecule has 0 bridgehead atoms. The smallest absolute Gasteiger partial charge is 0.320 e. The number of halogens is 2. The summed E-state index contributed by atoms with van der Waals surface area (Å²) in [5, 5.41) is 6.94. The molecule has 0 spiro atoms. The molecule has 0 fully saturated rings. The molecule has 0 saturated heterocycles. The van der Waals surface area contributed by atoms with Crippen LogP contribution in [0.4, 0.5) is 8.78 Å². The van der Waals surface area contributed by atoms with Gasteiger partial charge in [0.05, 0.1) is 16.7 Å². The number of aromatic nitrogens is 4. The number of alkyl halides is 2. The van der Waals surface area contributed by atoms with Gasteiger partial charge in [0.2, 0.25) is 0 Å². The van der Waals surface area contributed by atoms with Crippen LogP contribution in [0.5, 0.6) is 0 Å². The van der Waals surface area contributed by atoms with E-state index in [1.807, 2.05) is 12.3 Å². The summed E-state index contributed by atoms with van der Waals surface area (Å²) in [6.07, 6.45) is 3.49. The zero-order valence-electron chi connectivity index (χ0n) is 15.7. The summed E-state index contributed by atoms with van der Waals surface area (Å²) in [7, 11) is 0. The number of amides is 1. The highest BCUT2D eigenvalue weighted by Gasteiger charge is 2.22. The van der Waals surface area contributed by atoms with E-state index in [1.54, 1.807) is 66.3 Å². The van der Waals surface area contributed by atoms with Crippen LogP contribution < -0.4 is 5.32 Å². The van der Waals surface area contributed by atoms with Crippen LogP contribution >= 0.6 is 0 Å². The van der Waals surface area contributed by atoms with Crippen molar-refractivity contribution in [2.45, 2.75) is 19.4 Å². The normalized spacial score (nSPS) is 12.4. The molecular weight excluding hydrogens is 376 g/mol. The lowest BCUT2D eigenvalue weighted by Gasteiger charge is -2.15. The van der Waals surface area contributed by atoms with Gasteiger partial charge in [0.25, 0.3) is 5.91 Å². The first-order valence-electron chi connectivity index (χ1n) is 9.18. The molecule has 29 heavy (non-hydrogen) atoms. The summed E-state index contributed by atoms with van der Waals surface area (Å²) < 4.78 is 29.8. The van der Waals surface area contributed by atoms with Crippen molar-refractivity contribution in [3.8, 4) is 5.69 Å². The SMILES string of the molecule is CC(CNC(=O)c1ccc(-n2cccn2)cc1)c1nc2ccccc2n1C(F)F. The lowest BCUT2D eigenvalue weighted by molar-refractivity contribution is 0.0704. The van der Waals surface area contributed by atoms with E-state index in [2.05, 4.69) is 15.4 Å². The van der Waals surface area contributed by atoms with E-state index in [1.165, 1.54) is 0 Å². The number of carbonyl (C=O) groups is 1. The van der Waals surface area contributed by atoms with Gasteiger partial charge in [0.15, 0.2) is 0 Å². The van der Waals surface area contributed by atoms with Crippen LogP contribution in [0.25, 0.3) is 16.7 Å². The highest BCUT2D eigenvalue weighted by atomic mass is 19.3. The lowest BCUT2D eigenvalue weighted by atomic mass is 10.1. The molecule has 0 aliphatic heterocycles. The Labute approximate surface area is 165 Å². The first-order valence-corrected chi connectivity index (χ1v) is 9.18. The van der Waals surface area contributed by atoms with Gasteiger partial charge in [0, 0.05) is 30.4 Å². The molecular formula is C21H19F2N5O. The minimum Gasteiger partial charge on any atom is -0.351 e. The molecule has 0 saturated carbocycles. The summed E-state index contributed by atoms with van der Waals surface area (Å²) in [4.78, 5) is 16.8. The third kappa shape index (κ3) is 3.73. The molecule has 0 aliphatic carbocycles. The Balaban J connectivity index is 1.47. The molecule has 148 valence electrons. The van der Waals surface area contributed by atoms with Gasteiger partial charge in [-0.05, 0) is 42.5 Å². The van der Waals surface area contributed by atoms with Gasteiger partial charge < -0.3 is 5.32 Å². The summed E-state index contributed by atoms with van der Waals surface area (Å²) in [5.41, 5.74) is 2.21. The van der Waals surface area contributed by atoms with Crippen molar-refractivity contribution >= 4 is 16.9 Å². The highest BCUT2D eigenvalue weighted by molar-refractivity contribution is 5.94. The lowest BCUT2D eigenvalue weighted by Crippen LogP contribution is -2.28. The van der Waals surface area contributed by atoms with Crippen LogP contribution in [0.2, 0.25) is 0 Å². The van der Waals surface area contributed by atoms with Crippen molar-refractivity contribution in [2.75, 3.05) is 6.54 Å². The van der Waals surface area contributed by atoms with Crippen molar-refractivity contribution in [2.24, 2.45) is 0 Å². The number of benzene rings is 2. The fourth-order valence-electron chi connectivity index (χ4n) is 3.24. The zero-order valence-corrected chi connectivity index (χ0v) is 15.7. The maximum absolute atomic E-state index is 13.6. The predicted molar refractivity (Wildman–Crippen MR) is 105 cm³/mol. The number of carbonyl (C=O) groups excluding carboxylic acids is 1. The molecule has 8 heteroatoms. The number of imidazole rings is 1. The summed E-state index contributed by atoms with van der Waals surface area (Å²) >= 11 is 0. The predicted octanol–water partition coefficient (Wildman–Crippen LogP) is 4.15. The van der Waals surface area contributed by atoms with Crippen LogP contribution in [0.15, 0.2) is 67.0 Å². The second-order valence-corrected chi connectivity index (χ2v) is 6.71. The number of nitrogens with one attached hydrogen (secondary N) is 1. The van der Waals surface area contributed by atoms with Crippen molar-refractivity contribution in [1.82, 2.24) is 24.6 Å². The average molecular weight is 395 g/mol. The minimum atomic E-state index is -2.70. The van der Waals surface area contributed by atoms with E-state index < -0.39 is 6.55 Å². The van der Waals surface area contributed by atoms with Crippen LogP contribution in [-0.4, -0.2) is 31.8 Å². The Morgan fingerprint density at radius 3 is 2.55 bits per heavy atom. The molecule has 0 radical (unpaired) electrons. The van der Waals surface area contributed by atoms with Gasteiger partial charge in [-0.2, -0.15) is 13.9 Å². The number of hydrogen-bond donors (Lipinski definition) is 1. The molecule has 2 aromatic heterocycles. The van der Waals surface area contributed by atoms with Crippen molar-refractivity contribution in [1.29, 1.82) is 0 Å². The number of hydrogen-bond acceptors (Lipinski definition) is 3. The number of rotatable bonds is 6. The summed E-state index contributed by atoms with van der Waals surface area (Å²) in [5.74, 6) is -0.414. The monoisotopic (exact) mass is 395 g/mol. The Morgan fingerprint density at radius 1 is 1.10 bits per heavy atom. The van der Waals surface area contributed by atoms with Crippen LogP contribution in [-0.2, 0) is 0 Å². The Bertz CT molecular complexity index is 1120. The Hall–Kier alpha value is -3.55. The quantitative estimate of drug-likeness (QED) is 0.533. The van der Waals surface area contributed by atoms with Gasteiger partial charge in [-0.25, -0.2) is 9.67 Å². The molecule has 4 aromatic rings. The van der Waals surface area contributed by atoms with Crippen LogP contribution in [0, 0.1) is 0 Å². The van der Waals surface area contributed by atoms with Crippen molar-refractivity contribution in [3.63, 3.8) is 0 Å². The molecule has 2 heterocycles. The zero-order chi connectivity index (χ0) is 20.4. The average Bonchev–Trinajstić information content (AvgIpc) is 3.39. The third-order valence-corrected chi connectivity index (χ3v) is 4.73. The maximum atomic E-state index is 13.6. The molecule has 4 rings (SSSR count). The molecule has 2 aromatic carbocycles. The molecule has 1 amide bonds. The second kappa shape index (κ2) is 7.83. The van der Waals surface area contributed by atoms with Gasteiger partial charge in [-0.3, -0.25) is 9.36 Å². The second-order valence-electron chi connectivity index (χ2n) is 6.71. The van der Waals surface area contributed by atoms with Crippen molar-refractivity contribution in [3.05, 3.63) is 78.4 Å². The molecule has 6 nitrogen and oxygen atoms in total. The Morgan fingerprint density at radius 2 is 1.86 bits per heavy atom. The van der Waals surface area contributed by atoms with E-state index >= 15 is 0 Å². The van der Waals surface area contributed by atoms with E-state index in [0.29, 0.717) is 16.6 Å². The van der Waals surface area contributed by atoms with Crippen LogP contribution in [0.3, 0.4) is 0 Å². The first kappa shape index (κ1) is 18.8. The first-order chi connectivity index (χ1) is 14.0. The standard InChI is InChI=1S/C21H19F2N5O/c1-14(19-26-17-5-2-3-6-18(17)28(19)21(22)23)13-24-20(29)15-7-9-16(10-8-15)27-12-4-11-25-27/h2-12,14,21H,13H2,1H3,(H,24,29). The highest BCUT2D eigenvalue weighted by Crippen LogP contribution is 2.27. The topological polar surface area (TPSA) is 64.7 Å². The van der Waals surface area contributed by atoms with Gasteiger partial charge >= 0.3 is 6.55 Å². The summed E-state index contributed by atoms with van der Waals surface area (Å²) in [6, 6.07) is 15.6. The van der Waals surface area contributed by atoms with E-state index in [9.17, 15) is 13.6 Å². The van der Waals surface area contributed by atoms with E-state index in [0.717, 1.165) is 10.3 Å². The largest absolute Gasteiger partial charge is 0.351 e. The molecule has 0 aliphatic rings. The summed E-state index contributed by atoms with van der Waals surface area (Å²) in [6.45, 7) is -0.748. The van der Waals surface area contributed by atoms with Gasteiger partial charge in [-0.15, -0.1) is 0 Å². The minimum absolute atomic E-state index is 0.190. The van der Waals surface area contributed by atoms with Gasteiger partial charge in [0.1, 0.15) is 5.82 Å². The molecule has 1 atom stereocenters. The fourth-order valence-corrected chi connectivity index (χ4v) is 3.24. The van der Waals surface area contributed by atoms with E-state index in [4.69, 9.17) is 0 Å². The van der Waals surface area contributed by atoms with Crippen LogP contribution in [0.1, 0.15) is 35.6 Å². The number of nitrogens with zero attached hydrogens (tertiary/aromatic N) is 4.